The van der Waals surface area contributed by atoms with Crippen LogP contribution in [0.5, 0.6) is 0 Å². The molecule has 0 bridgehead atoms. The zero-order valence-electron chi connectivity index (χ0n) is 12.4. The molecule has 1 heterocycles. The van der Waals surface area contributed by atoms with Crippen molar-refractivity contribution >= 4 is 5.69 Å². The van der Waals surface area contributed by atoms with Crippen molar-refractivity contribution in [2.75, 3.05) is 31.7 Å². The van der Waals surface area contributed by atoms with Crippen molar-refractivity contribution in [1.82, 2.24) is 0 Å². The van der Waals surface area contributed by atoms with E-state index in [1.165, 1.54) is 6.07 Å². The fraction of sp³-hybridized carbons (Fsp3) is 0.625. The number of nitrogens with zero attached hydrogens (tertiary/aromatic N) is 1. The molecule has 1 aromatic rings. The van der Waals surface area contributed by atoms with Crippen molar-refractivity contribution in [2.24, 2.45) is 11.7 Å². The van der Waals surface area contributed by atoms with Crippen molar-refractivity contribution in [3.63, 3.8) is 0 Å². The number of rotatable bonds is 5. The van der Waals surface area contributed by atoms with E-state index in [0.717, 1.165) is 38.2 Å². The summed E-state index contributed by atoms with van der Waals surface area (Å²) in [5.74, 6) is 0.425. The molecule has 0 aromatic heterocycles. The van der Waals surface area contributed by atoms with Gasteiger partial charge in [-0.2, -0.15) is 0 Å². The first-order valence-corrected chi connectivity index (χ1v) is 7.39. The van der Waals surface area contributed by atoms with Gasteiger partial charge in [0.15, 0.2) is 0 Å². The zero-order valence-corrected chi connectivity index (χ0v) is 12.4. The van der Waals surface area contributed by atoms with Crippen LogP contribution in [-0.4, -0.2) is 32.8 Å². The summed E-state index contributed by atoms with van der Waals surface area (Å²) in [6, 6.07) is 5.30. The maximum absolute atomic E-state index is 14.2. The Morgan fingerprint density at radius 2 is 2.10 bits per heavy atom. The van der Waals surface area contributed by atoms with Gasteiger partial charge in [0, 0.05) is 32.8 Å². The molecule has 0 radical (unpaired) electrons. The highest BCUT2D eigenvalue weighted by Gasteiger charge is 2.19. The Morgan fingerprint density at radius 1 is 1.40 bits per heavy atom. The standard InChI is InChI=1S/C16H25FN2O/c1-12(18)10-14-4-3-5-15(17)16(14)19(2)11-13-6-8-20-9-7-13/h3-5,12-13H,6-11,18H2,1-2H3. The zero-order chi connectivity index (χ0) is 14.5. The van der Waals surface area contributed by atoms with Crippen molar-refractivity contribution in [1.29, 1.82) is 0 Å². The topological polar surface area (TPSA) is 38.5 Å². The number of halogens is 1. The van der Waals surface area contributed by atoms with E-state index in [0.29, 0.717) is 18.0 Å². The number of ether oxygens (including phenoxy) is 1. The van der Waals surface area contributed by atoms with E-state index in [1.807, 2.05) is 24.9 Å². The molecule has 2 rings (SSSR count). The van der Waals surface area contributed by atoms with Gasteiger partial charge in [-0.3, -0.25) is 0 Å². The molecule has 1 aliphatic heterocycles. The smallest absolute Gasteiger partial charge is 0.146 e. The van der Waals surface area contributed by atoms with Gasteiger partial charge in [0.05, 0.1) is 5.69 Å². The molecule has 1 aliphatic rings. The molecule has 1 aromatic carbocycles. The molecule has 3 nitrogen and oxygen atoms in total. The summed E-state index contributed by atoms with van der Waals surface area (Å²) in [6.45, 7) is 4.47. The van der Waals surface area contributed by atoms with Crippen LogP contribution >= 0.6 is 0 Å². The normalized spacial score (nSPS) is 18.0. The SMILES string of the molecule is CC(N)Cc1cccc(F)c1N(C)CC1CCOCC1. The number of anilines is 1. The molecule has 1 fully saturated rings. The molecule has 0 amide bonds. The van der Waals surface area contributed by atoms with E-state index in [9.17, 15) is 4.39 Å². The van der Waals surface area contributed by atoms with Gasteiger partial charge in [-0.05, 0) is 43.7 Å². The number of para-hydroxylation sites is 1. The molecule has 0 saturated carbocycles. The van der Waals surface area contributed by atoms with Crippen molar-refractivity contribution in [3.8, 4) is 0 Å². The van der Waals surface area contributed by atoms with E-state index < -0.39 is 0 Å². The van der Waals surface area contributed by atoms with Gasteiger partial charge in [-0.25, -0.2) is 4.39 Å². The van der Waals surface area contributed by atoms with Gasteiger partial charge < -0.3 is 15.4 Å². The molecular weight excluding hydrogens is 255 g/mol. The first-order valence-electron chi connectivity index (χ1n) is 7.39. The van der Waals surface area contributed by atoms with Gasteiger partial charge in [0.1, 0.15) is 5.82 Å². The van der Waals surface area contributed by atoms with E-state index >= 15 is 0 Å². The van der Waals surface area contributed by atoms with Gasteiger partial charge in [-0.15, -0.1) is 0 Å². The molecule has 1 unspecified atom stereocenters. The molecule has 20 heavy (non-hydrogen) atoms. The summed E-state index contributed by atoms with van der Waals surface area (Å²) in [6.07, 6.45) is 2.81. The average Bonchev–Trinajstić information content (AvgIpc) is 2.39. The Morgan fingerprint density at radius 3 is 2.75 bits per heavy atom. The van der Waals surface area contributed by atoms with Crippen LogP contribution in [0, 0.1) is 11.7 Å². The highest BCUT2D eigenvalue weighted by Crippen LogP contribution is 2.27. The molecular formula is C16H25FN2O. The summed E-state index contributed by atoms with van der Waals surface area (Å²) < 4.78 is 19.6. The van der Waals surface area contributed by atoms with Crippen LogP contribution in [0.15, 0.2) is 18.2 Å². The fourth-order valence-electron chi connectivity index (χ4n) is 2.91. The lowest BCUT2D eigenvalue weighted by Gasteiger charge is -2.30. The largest absolute Gasteiger partial charge is 0.381 e. The molecule has 1 saturated heterocycles. The second-order valence-corrected chi connectivity index (χ2v) is 5.87. The minimum atomic E-state index is -0.155. The minimum absolute atomic E-state index is 0.0343. The number of nitrogens with two attached hydrogens (primary N) is 1. The van der Waals surface area contributed by atoms with Crippen molar-refractivity contribution in [2.45, 2.75) is 32.2 Å². The Labute approximate surface area is 120 Å². The van der Waals surface area contributed by atoms with Gasteiger partial charge in [0.25, 0.3) is 0 Å². The Bertz CT molecular complexity index is 430. The maximum atomic E-state index is 14.2. The lowest BCUT2D eigenvalue weighted by Crippen LogP contribution is -2.31. The predicted molar refractivity (Wildman–Crippen MR) is 80.6 cm³/mol. The second kappa shape index (κ2) is 7.04. The number of benzene rings is 1. The van der Waals surface area contributed by atoms with E-state index in [2.05, 4.69) is 0 Å². The van der Waals surface area contributed by atoms with Crippen LogP contribution in [0.2, 0.25) is 0 Å². The van der Waals surface area contributed by atoms with Crippen LogP contribution < -0.4 is 10.6 Å². The van der Waals surface area contributed by atoms with Crippen LogP contribution in [0.25, 0.3) is 0 Å². The minimum Gasteiger partial charge on any atom is -0.381 e. The fourth-order valence-corrected chi connectivity index (χ4v) is 2.91. The lowest BCUT2D eigenvalue weighted by atomic mass is 9.98. The van der Waals surface area contributed by atoms with Crippen LogP contribution in [-0.2, 0) is 11.2 Å². The van der Waals surface area contributed by atoms with Crippen LogP contribution in [0.4, 0.5) is 10.1 Å². The van der Waals surface area contributed by atoms with Gasteiger partial charge >= 0.3 is 0 Å². The third-order valence-corrected chi connectivity index (χ3v) is 3.87. The molecule has 4 heteroatoms. The predicted octanol–water partition coefficient (Wildman–Crippen LogP) is 2.58. The van der Waals surface area contributed by atoms with Crippen molar-refractivity contribution in [3.05, 3.63) is 29.6 Å². The molecule has 112 valence electrons. The Balaban J connectivity index is 2.12. The van der Waals surface area contributed by atoms with Crippen LogP contribution in [0.3, 0.4) is 0 Å². The van der Waals surface area contributed by atoms with E-state index in [-0.39, 0.29) is 11.9 Å². The molecule has 0 aliphatic carbocycles. The summed E-state index contributed by atoms with van der Waals surface area (Å²) in [5, 5.41) is 0. The van der Waals surface area contributed by atoms with Gasteiger partial charge in [-0.1, -0.05) is 12.1 Å². The summed E-state index contributed by atoms with van der Waals surface area (Å²) in [5.41, 5.74) is 7.57. The maximum Gasteiger partial charge on any atom is 0.146 e. The molecule has 2 N–H and O–H groups in total. The Kier molecular flexibility index (Phi) is 5.38. The van der Waals surface area contributed by atoms with Crippen LogP contribution in [0.1, 0.15) is 25.3 Å². The lowest BCUT2D eigenvalue weighted by molar-refractivity contribution is 0.0685. The summed E-state index contributed by atoms with van der Waals surface area (Å²) in [7, 11) is 1.97. The van der Waals surface area contributed by atoms with Crippen molar-refractivity contribution < 1.29 is 9.13 Å². The first-order chi connectivity index (χ1) is 9.58. The Hall–Kier alpha value is -1.13. The van der Waals surface area contributed by atoms with Gasteiger partial charge in [0.2, 0.25) is 0 Å². The third-order valence-electron chi connectivity index (χ3n) is 3.87. The quantitative estimate of drug-likeness (QED) is 0.901. The average molecular weight is 280 g/mol. The molecule has 1 atom stereocenters. The summed E-state index contributed by atoms with van der Waals surface area (Å²) in [4.78, 5) is 2.04. The number of hydrogen-bond donors (Lipinski definition) is 1. The first kappa shape index (κ1) is 15.3. The van der Waals surface area contributed by atoms with E-state index in [4.69, 9.17) is 10.5 Å². The second-order valence-electron chi connectivity index (χ2n) is 5.87. The summed E-state index contributed by atoms with van der Waals surface area (Å²) >= 11 is 0. The highest BCUT2D eigenvalue weighted by atomic mass is 19.1. The molecule has 0 spiro atoms. The highest BCUT2D eigenvalue weighted by molar-refractivity contribution is 5.54. The number of hydrogen-bond acceptors (Lipinski definition) is 3. The monoisotopic (exact) mass is 280 g/mol. The van der Waals surface area contributed by atoms with E-state index in [1.54, 1.807) is 6.07 Å². The third kappa shape index (κ3) is 3.93.